The van der Waals surface area contributed by atoms with Crippen LogP contribution in [0.15, 0.2) is 23.0 Å². The Balaban J connectivity index is 2.12. The molecule has 3 rings (SSSR count). The molecule has 0 atom stereocenters. The first-order valence-corrected chi connectivity index (χ1v) is 8.14. The van der Waals surface area contributed by atoms with Crippen molar-refractivity contribution in [2.45, 2.75) is 38.5 Å². The Kier molecular flexibility index (Phi) is 3.74. The molecule has 0 bridgehead atoms. The van der Waals surface area contributed by atoms with Gasteiger partial charge in [0.2, 0.25) is 0 Å². The van der Waals surface area contributed by atoms with Gasteiger partial charge in [-0.1, -0.05) is 28.1 Å². The second-order valence-electron chi connectivity index (χ2n) is 5.29. The van der Waals surface area contributed by atoms with E-state index in [1.807, 2.05) is 0 Å². The monoisotopic (exact) mass is 319 g/mol. The Morgan fingerprint density at radius 3 is 2.74 bits per heavy atom. The van der Waals surface area contributed by atoms with Crippen LogP contribution in [-0.2, 0) is 19.3 Å². The highest BCUT2D eigenvalue weighted by atomic mass is 79.9. The van der Waals surface area contributed by atoms with Crippen LogP contribution in [0.1, 0.15) is 36.0 Å². The summed E-state index contributed by atoms with van der Waals surface area (Å²) >= 11 is 3.46. The molecular weight excluding hydrogens is 302 g/mol. The summed E-state index contributed by atoms with van der Waals surface area (Å²) in [6, 6.07) is 6.55. The van der Waals surface area contributed by atoms with E-state index in [1.54, 1.807) is 0 Å². The number of benzene rings is 1. The van der Waals surface area contributed by atoms with E-state index >= 15 is 0 Å². The molecule has 0 saturated carbocycles. The first kappa shape index (κ1) is 12.9. The molecule has 0 spiro atoms. The van der Waals surface area contributed by atoms with Gasteiger partial charge >= 0.3 is 0 Å². The van der Waals surface area contributed by atoms with Crippen LogP contribution in [0.2, 0.25) is 0 Å². The molecule has 0 saturated heterocycles. The Bertz CT molecular complexity index is 660. The van der Waals surface area contributed by atoms with Gasteiger partial charge in [-0.05, 0) is 55.7 Å². The van der Waals surface area contributed by atoms with Crippen molar-refractivity contribution in [1.82, 2.24) is 4.98 Å². The lowest BCUT2D eigenvalue weighted by molar-refractivity contribution is 0.682. The van der Waals surface area contributed by atoms with Gasteiger partial charge < -0.3 is 4.98 Å². The molecule has 0 amide bonds. The van der Waals surface area contributed by atoms with Gasteiger partial charge in [-0.3, -0.25) is 4.79 Å². The minimum atomic E-state index is 0.125. The van der Waals surface area contributed by atoms with E-state index < -0.39 is 0 Å². The zero-order valence-electron chi connectivity index (χ0n) is 11.0. The standard InChI is InChI=1S/C16H18BrNO/c17-9-3-4-11-7-8-13-12-5-1-2-6-14(12)16(19)18-15(13)10-11/h7-8,10H,1-6,9H2,(H,18,19). The molecule has 0 radical (unpaired) electrons. The van der Waals surface area contributed by atoms with Crippen LogP contribution in [0.4, 0.5) is 0 Å². The van der Waals surface area contributed by atoms with Crippen LogP contribution in [0.25, 0.3) is 10.9 Å². The van der Waals surface area contributed by atoms with E-state index in [0.717, 1.165) is 48.5 Å². The molecule has 0 unspecified atom stereocenters. The average molecular weight is 320 g/mol. The quantitative estimate of drug-likeness (QED) is 0.859. The predicted molar refractivity (Wildman–Crippen MR) is 83.3 cm³/mol. The number of aromatic amines is 1. The van der Waals surface area contributed by atoms with Crippen molar-refractivity contribution in [2.75, 3.05) is 5.33 Å². The molecule has 1 aromatic heterocycles. The van der Waals surface area contributed by atoms with E-state index in [-0.39, 0.29) is 5.56 Å². The molecule has 3 heteroatoms. The van der Waals surface area contributed by atoms with Crippen LogP contribution >= 0.6 is 15.9 Å². The van der Waals surface area contributed by atoms with Gasteiger partial charge in [-0.2, -0.15) is 0 Å². The first-order valence-electron chi connectivity index (χ1n) is 7.02. The van der Waals surface area contributed by atoms with Crippen molar-refractivity contribution in [1.29, 1.82) is 0 Å². The number of pyridine rings is 1. The van der Waals surface area contributed by atoms with Crippen LogP contribution < -0.4 is 5.56 Å². The molecule has 1 aliphatic rings. The smallest absolute Gasteiger partial charge is 0.251 e. The van der Waals surface area contributed by atoms with E-state index in [2.05, 4.69) is 39.1 Å². The highest BCUT2D eigenvalue weighted by molar-refractivity contribution is 9.09. The summed E-state index contributed by atoms with van der Waals surface area (Å²) in [4.78, 5) is 15.2. The molecule has 19 heavy (non-hydrogen) atoms. The topological polar surface area (TPSA) is 32.9 Å². The summed E-state index contributed by atoms with van der Waals surface area (Å²) in [7, 11) is 0. The lowest BCUT2D eigenvalue weighted by Gasteiger charge is -2.17. The number of aromatic nitrogens is 1. The zero-order chi connectivity index (χ0) is 13.2. The molecule has 100 valence electrons. The summed E-state index contributed by atoms with van der Waals surface area (Å²) < 4.78 is 0. The third-order valence-electron chi connectivity index (χ3n) is 4.00. The summed E-state index contributed by atoms with van der Waals surface area (Å²) in [6.07, 6.45) is 6.52. The maximum absolute atomic E-state index is 12.1. The summed E-state index contributed by atoms with van der Waals surface area (Å²) in [5.41, 5.74) is 4.75. The van der Waals surface area contributed by atoms with Crippen LogP contribution in [0.5, 0.6) is 0 Å². The number of alkyl halides is 1. The number of halogens is 1. The van der Waals surface area contributed by atoms with Crippen LogP contribution in [0.3, 0.4) is 0 Å². The summed E-state index contributed by atoms with van der Waals surface area (Å²) in [5.74, 6) is 0. The number of hydrogen-bond acceptors (Lipinski definition) is 1. The zero-order valence-corrected chi connectivity index (χ0v) is 12.6. The van der Waals surface area contributed by atoms with Gasteiger partial charge in [0.1, 0.15) is 0 Å². The van der Waals surface area contributed by atoms with Crippen molar-refractivity contribution < 1.29 is 0 Å². The lowest BCUT2D eigenvalue weighted by Crippen LogP contribution is -2.19. The van der Waals surface area contributed by atoms with Gasteiger partial charge in [-0.15, -0.1) is 0 Å². The summed E-state index contributed by atoms with van der Waals surface area (Å²) in [5, 5.41) is 2.27. The fourth-order valence-corrected chi connectivity index (χ4v) is 3.32. The molecule has 2 nitrogen and oxygen atoms in total. The molecule has 0 fully saturated rings. The van der Waals surface area contributed by atoms with E-state index in [1.165, 1.54) is 22.9 Å². The van der Waals surface area contributed by atoms with Gasteiger partial charge in [0.05, 0.1) is 0 Å². The highest BCUT2D eigenvalue weighted by Crippen LogP contribution is 2.26. The molecular formula is C16H18BrNO. The third kappa shape index (κ3) is 2.48. The predicted octanol–water partition coefficient (Wildman–Crippen LogP) is 3.73. The Hall–Kier alpha value is -1.09. The lowest BCUT2D eigenvalue weighted by atomic mass is 9.89. The SMILES string of the molecule is O=c1[nH]c2cc(CCCBr)ccc2c2c1CCCC2. The van der Waals surface area contributed by atoms with Crippen LogP contribution in [0, 0.1) is 0 Å². The molecule has 1 N–H and O–H groups in total. The number of aryl methyl sites for hydroxylation is 2. The van der Waals surface area contributed by atoms with Gasteiger partial charge in [0, 0.05) is 21.8 Å². The maximum Gasteiger partial charge on any atom is 0.251 e. The second kappa shape index (κ2) is 5.49. The van der Waals surface area contributed by atoms with Crippen LogP contribution in [-0.4, -0.2) is 10.3 Å². The van der Waals surface area contributed by atoms with E-state index in [0.29, 0.717) is 0 Å². The average Bonchev–Trinajstić information content (AvgIpc) is 2.45. The Morgan fingerprint density at radius 2 is 1.95 bits per heavy atom. The fourth-order valence-electron chi connectivity index (χ4n) is 3.04. The van der Waals surface area contributed by atoms with Crippen molar-refractivity contribution in [2.24, 2.45) is 0 Å². The first-order chi connectivity index (χ1) is 9.29. The third-order valence-corrected chi connectivity index (χ3v) is 4.56. The minimum absolute atomic E-state index is 0.125. The molecule has 1 heterocycles. The number of fused-ring (bicyclic) bond motifs is 3. The summed E-state index contributed by atoms with van der Waals surface area (Å²) in [6.45, 7) is 0. The van der Waals surface area contributed by atoms with E-state index in [9.17, 15) is 4.79 Å². The van der Waals surface area contributed by atoms with Crippen molar-refractivity contribution in [3.05, 3.63) is 45.2 Å². The fraction of sp³-hybridized carbons (Fsp3) is 0.438. The largest absolute Gasteiger partial charge is 0.322 e. The normalized spacial score (nSPS) is 14.6. The van der Waals surface area contributed by atoms with Crippen molar-refractivity contribution in [3.63, 3.8) is 0 Å². The molecule has 1 aliphatic carbocycles. The van der Waals surface area contributed by atoms with Gasteiger partial charge in [-0.25, -0.2) is 0 Å². The number of hydrogen-bond donors (Lipinski definition) is 1. The van der Waals surface area contributed by atoms with Gasteiger partial charge in [0.25, 0.3) is 5.56 Å². The molecule has 2 aromatic rings. The minimum Gasteiger partial charge on any atom is -0.322 e. The second-order valence-corrected chi connectivity index (χ2v) is 6.08. The van der Waals surface area contributed by atoms with Crippen molar-refractivity contribution >= 4 is 26.8 Å². The number of H-pyrrole nitrogens is 1. The van der Waals surface area contributed by atoms with Gasteiger partial charge in [0.15, 0.2) is 0 Å². The Morgan fingerprint density at radius 1 is 1.16 bits per heavy atom. The Labute approximate surface area is 121 Å². The number of nitrogens with one attached hydrogen (secondary N) is 1. The highest BCUT2D eigenvalue weighted by Gasteiger charge is 2.16. The molecule has 0 aliphatic heterocycles. The van der Waals surface area contributed by atoms with Crippen molar-refractivity contribution in [3.8, 4) is 0 Å². The number of rotatable bonds is 3. The molecule has 1 aromatic carbocycles. The van der Waals surface area contributed by atoms with E-state index in [4.69, 9.17) is 0 Å². The maximum atomic E-state index is 12.1.